The van der Waals surface area contributed by atoms with Crippen LogP contribution in [0.2, 0.25) is 0 Å². The second kappa shape index (κ2) is 14.1. The first-order chi connectivity index (χ1) is 25.4. The van der Waals surface area contributed by atoms with Gasteiger partial charge in [0.05, 0.1) is 0 Å². The van der Waals surface area contributed by atoms with Crippen LogP contribution in [-0.4, -0.2) is 54.0 Å². The lowest BCUT2D eigenvalue weighted by molar-refractivity contribution is 0.0944. The molecule has 17 heteroatoms. The number of nitrogens with one attached hydrogen (secondary N) is 4. The largest absolute Gasteiger partial charge is 0.507 e. The first-order valence-electron chi connectivity index (χ1n) is 15.8. The molecule has 6 rings (SSSR count). The minimum atomic E-state index is -4.64. The summed E-state index contributed by atoms with van der Waals surface area (Å²) in [5.41, 5.74) is 2.84. The zero-order chi connectivity index (χ0) is 39.1. The Morgan fingerprint density at radius 1 is 0.537 bits per heavy atom. The molecule has 4 amide bonds. The smallest absolute Gasteiger partial charge is 0.328 e. The molecule has 0 saturated carbocycles. The average molecular weight is 771 g/mol. The van der Waals surface area contributed by atoms with Crippen molar-refractivity contribution in [3.8, 4) is 11.5 Å². The number of anilines is 4. The number of aromatic hydroxyl groups is 2. The van der Waals surface area contributed by atoms with Crippen LogP contribution in [0.4, 0.5) is 27.5 Å². The number of carbonyl (C=O) groups excluding carboxylic acids is 3. The normalized spacial score (nSPS) is 11.6. The van der Waals surface area contributed by atoms with Crippen molar-refractivity contribution in [1.82, 2.24) is 10.6 Å². The third-order valence-corrected chi connectivity index (χ3v) is 10.3. The van der Waals surface area contributed by atoms with E-state index in [1.807, 2.05) is 0 Å². The minimum absolute atomic E-state index is 0.0805. The molecule has 0 unspecified atom stereocenters. The Kier molecular flexibility index (Phi) is 9.74. The van der Waals surface area contributed by atoms with Crippen molar-refractivity contribution in [1.29, 1.82) is 0 Å². The zero-order valence-corrected chi connectivity index (χ0v) is 29.8. The molecule has 276 valence electrons. The van der Waals surface area contributed by atoms with E-state index in [4.69, 9.17) is 0 Å². The lowest BCUT2D eigenvalue weighted by Crippen LogP contribution is -2.42. The number of benzene rings is 6. The topological polar surface area (TPSA) is 249 Å². The highest BCUT2D eigenvalue weighted by Crippen LogP contribution is 2.38. The molecule has 0 heterocycles. The molecule has 0 aliphatic heterocycles. The molecule has 0 spiro atoms. The number of aryl methyl sites for hydroxylation is 2. The standard InChI is InChI=1S/C37H30N4O11S2/c1-19-17-21(38-27-13-15-29(42)33-25(27)5-3-7-31(33)53(47,48)49)9-11-23(19)35(44)40-37(46)41-36(45)24-12-10-22(18-20(24)2)39-28-14-16-30(43)34-26(28)6-4-8-32(34)54(50,51)52/h3-18,38-39,42-43H,1-2H3,(H,47,48,49)(H,50,51,52)(H2,40,41,44,45,46). The van der Waals surface area contributed by atoms with Crippen LogP contribution in [0.1, 0.15) is 31.8 Å². The number of rotatable bonds is 8. The van der Waals surface area contributed by atoms with Crippen molar-refractivity contribution in [2.24, 2.45) is 0 Å². The summed E-state index contributed by atoms with van der Waals surface area (Å²) in [6, 6.07) is 21.9. The van der Waals surface area contributed by atoms with Crippen LogP contribution in [0.15, 0.2) is 107 Å². The molecule has 0 aliphatic carbocycles. The molecule has 15 nitrogen and oxygen atoms in total. The number of carbonyl (C=O) groups is 3. The summed E-state index contributed by atoms with van der Waals surface area (Å²) in [7, 11) is -9.28. The maximum Gasteiger partial charge on any atom is 0.328 e. The molecule has 0 atom stereocenters. The van der Waals surface area contributed by atoms with E-state index in [-0.39, 0.29) is 33.4 Å². The fraction of sp³-hybridized carbons (Fsp3) is 0.0541. The van der Waals surface area contributed by atoms with Crippen molar-refractivity contribution < 1.29 is 50.5 Å². The SMILES string of the molecule is Cc1cc(Nc2ccc(O)c3c(S(=O)(=O)O)cccc23)ccc1C(=O)NC(=O)NC(=O)c1ccc(Nc2ccc(O)c3c(S(=O)(=O)O)cccc23)cc1C. The summed E-state index contributed by atoms with van der Waals surface area (Å²) < 4.78 is 66.8. The number of hydrogen-bond acceptors (Lipinski definition) is 11. The van der Waals surface area contributed by atoms with Crippen LogP contribution in [0.3, 0.4) is 0 Å². The number of imide groups is 2. The van der Waals surface area contributed by atoms with E-state index >= 15 is 0 Å². The molecular formula is C37H30N4O11S2. The summed E-state index contributed by atoms with van der Waals surface area (Å²) >= 11 is 0. The van der Waals surface area contributed by atoms with Crippen LogP contribution >= 0.6 is 0 Å². The summed E-state index contributed by atoms with van der Waals surface area (Å²) in [5.74, 6) is -2.30. The van der Waals surface area contributed by atoms with Gasteiger partial charge in [0, 0.05) is 55.4 Å². The zero-order valence-electron chi connectivity index (χ0n) is 28.2. The van der Waals surface area contributed by atoms with E-state index in [1.54, 1.807) is 38.1 Å². The number of phenolic OH excluding ortho intramolecular Hbond substituents is 2. The van der Waals surface area contributed by atoms with Crippen LogP contribution < -0.4 is 21.3 Å². The minimum Gasteiger partial charge on any atom is -0.507 e. The summed E-state index contributed by atoms with van der Waals surface area (Å²) in [6.45, 7) is 3.23. The van der Waals surface area contributed by atoms with Gasteiger partial charge in [-0.3, -0.25) is 29.3 Å². The number of urea groups is 1. The Hall–Kier alpha value is -6.53. The molecule has 0 aliphatic rings. The number of hydrogen-bond donors (Lipinski definition) is 8. The number of fused-ring (bicyclic) bond motifs is 2. The Bertz CT molecular complexity index is 2600. The van der Waals surface area contributed by atoms with Crippen LogP contribution in [0, 0.1) is 13.8 Å². The van der Waals surface area contributed by atoms with Gasteiger partial charge in [0.15, 0.2) is 0 Å². The molecule has 8 N–H and O–H groups in total. The summed E-state index contributed by atoms with van der Waals surface area (Å²) in [5, 5.41) is 31.6. The van der Waals surface area contributed by atoms with Crippen molar-refractivity contribution in [2.75, 3.05) is 10.6 Å². The Morgan fingerprint density at radius 2 is 0.926 bits per heavy atom. The van der Waals surface area contributed by atoms with E-state index in [0.29, 0.717) is 44.6 Å². The van der Waals surface area contributed by atoms with E-state index in [1.165, 1.54) is 60.7 Å². The van der Waals surface area contributed by atoms with Crippen molar-refractivity contribution in [3.63, 3.8) is 0 Å². The van der Waals surface area contributed by atoms with Crippen molar-refractivity contribution in [3.05, 3.63) is 119 Å². The van der Waals surface area contributed by atoms with Crippen molar-refractivity contribution in [2.45, 2.75) is 23.6 Å². The van der Waals surface area contributed by atoms with Crippen LogP contribution in [0.25, 0.3) is 21.5 Å². The third kappa shape index (κ3) is 7.50. The van der Waals surface area contributed by atoms with E-state index in [2.05, 4.69) is 21.3 Å². The van der Waals surface area contributed by atoms with Gasteiger partial charge in [-0.15, -0.1) is 0 Å². The van der Waals surface area contributed by atoms with Gasteiger partial charge in [0.25, 0.3) is 32.1 Å². The molecular weight excluding hydrogens is 741 g/mol. The van der Waals surface area contributed by atoms with Gasteiger partial charge < -0.3 is 20.8 Å². The maximum absolute atomic E-state index is 13.0. The number of phenols is 2. The van der Waals surface area contributed by atoms with Gasteiger partial charge >= 0.3 is 6.03 Å². The molecule has 54 heavy (non-hydrogen) atoms. The Balaban J connectivity index is 1.12. The van der Waals surface area contributed by atoms with E-state index in [0.717, 1.165) is 12.1 Å². The van der Waals surface area contributed by atoms with E-state index < -0.39 is 47.9 Å². The third-order valence-electron chi connectivity index (χ3n) is 8.47. The predicted molar refractivity (Wildman–Crippen MR) is 200 cm³/mol. The lowest BCUT2D eigenvalue weighted by Gasteiger charge is -2.15. The highest BCUT2D eigenvalue weighted by atomic mass is 32.2. The summed E-state index contributed by atoms with van der Waals surface area (Å²) in [6.07, 6.45) is 0. The van der Waals surface area contributed by atoms with Crippen LogP contribution in [0.5, 0.6) is 11.5 Å². The van der Waals surface area contributed by atoms with Crippen molar-refractivity contribution >= 4 is 82.4 Å². The molecule has 0 radical (unpaired) electrons. The monoisotopic (exact) mass is 770 g/mol. The fourth-order valence-electron chi connectivity index (χ4n) is 6.03. The quantitative estimate of drug-likeness (QED) is 0.0628. The second-order valence-corrected chi connectivity index (χ2v) is 14.9. The molecule has 6 aromatic carbocycles. The molecule has 0 bridgehead atoms. The lowest BCUT2D eigenvalue weighted by atomic mass is 10.1. The van der Waals surface area contributed by atoms with Gasteiger partial charge in [-0.05, 0) is 97.8 Å². The average Bonchev–Trinajstić information content (AvgIpc) is 3.09. The molecule has 0 aromatic heterocycles. The van der Waals surface area contributed by atoms with Crippen LogP contribution in [-0.2, 0) is 20.2 Å². The highest BCUT2D eigenvalue weighted by molar-refractivity contribution is 7.86. The molecule has 0 saturated heterocycles. The van der Waals surface area contributed by atoms with Gasteiger partial charge in [-0.1, -0.05) is 24.3 Å². The van der Waals surface area contributed by atoms with Gasteiger partial charge in [0.2, 0.25) is 0 Å². The van der Waals surface area contributed by atoms with E-state index in [9.17, 15) is 50.5 Å². The highest BCUT2D eigenvalue weighted by Gasteiger charge is 2.21. The fourth-order valence-corrected chi connectivity index (χ4v) is 7.48. The van der Waals surface area contributed by atoms with Gasteiger partial charge in [-0.2, -0.15) is 16.8 Å². The first-order valence-corrected chi connectivity index (χ1v) is 18.7. The Morgan fingerprint density at radius 3 is 1.28 bits per heavy atom. The van der Waals surface area contributed by atoms with Gasteiger partial charge in [0.1, 0.15) is 21.3 Å². The maximum atomic E-state index is 13.0. The Labute approximate surface area is 307 Å². The first kappa shape index (κ1) is 37.2. The molecule has 6 aromatic rings. The second-order valence-electron chi connectivity index (χ2n) is 12.1. The predicted octanol–water partition coefficient (Wildman–Crippen LogP) is 6.28. The number of amides is 4. The van der Waals surface area contributed by atoms with Gasteiger partial charge in [-0.25, -0.2) is 4.79 Å². The summed E-state index contributed by atoms with van der Waals surface area (Å²) in [4.78, 5) is 37.8. The molecule has 0 fully saturated rings.